The van der Waals surface area contributed by atoms with Gasteiger partial charge in [-0.15, -0.1) is 0 Å². The number of aromatic nitrogens is 2. The second-order valence-corrected chi connectivity index (χ2v) is 7.10. The molecule has 0 aliphatic heterocycles. The number of rotatable bonds is 6. The van der Waals surface area contributed by atoms with Crippen LogP contribution in [0, 0.1) is 12.7 Å². The van der Waals surface area contributed by atoms with Crippen LogP contribution in [0.2, 0.25) is 0 Å². The zero-order valence-corrected chi connectivity index (χ0v) is 16.6. The lowest BCUT2D eigenvalue weighted by atomic mass is 10.0. The summed E-state index contributed by atoms with van der Waals surface area (Å²) in [6.07, 6.45) is 0. The van der Waals surface area contributed by atoms with Crippen molar-refractivity contribution in [2.75, 3.05) is 10.6 Å². The van der Waals surface area contributed by atoms with Crippen LogP contribution < -0.4 is 16.2 Å². The maximum absolute atomic E-state index is 13.1. The van der Waals surface area contributed by atoms with E-state index in [4.69, 9.17) is 0 Å². The predicted octanol–water partition coefficient (Wildman–Crippen LogP) is 4.20. The van der Waals surface area contributed by atoms with Gasteiger partial charge in [0, 0.05) is 23.1 Å². The highest BCUT2D eigenvalue weighted by Gasteiger charge is 2.12. The number of aryl methyl sites for hydroxylation is 1. The molecular weight excluding hydrogens is 371 g/mol. The minimum atomic E-state index is -0.368. The Balaban J connectivity index is 1.79. The molecule has 6 nitrogen and oxygen atoms in total. The number of amides is 1. The Morgan fingerprint density at radius 3 is 2.31 bits per heavy atom. The summed E-state index contributed by atoms with van der Waals surface area (Å²) in [7, 11) is 0. The molecule has 0 radical (unpaired) electrons. The van der Waals surface area contributed by atoms with E-state index in [0.717, 1.165) is 0 Å². The van der Waals surface area contributed by atoms with Crippen LogP contribution in [0.4, 0.5) is 21.7 Å². The molecule has 0 unspecified atom stereocenters. The SMILES string of the molecule is Cc1cc(=O)n(CC(=O)Nc2ccc(C(C)C)cc2)c(Nc2ccc(F)cc2)n1. The molecule has 2 aromatic carbocycles. The summed E-state index contributed by atoms with van der Waals surface area (Å²) in [5.74, 6) is -0.103. The molecule has 0 fully saturated rings. The fraction of sp³-hybridized carbons (Fsp3) is 0.227. The van der Waals surface area contributed by atoms with Crippen LogP contribution in [0.3, 0.4) is 0 Å². The maximum Gasteiger partial charge on any atom is 0.255 e. The molecule has 0 aliphatic carbocycles. The lowest BCUT2D eigenvalue weighted by Gasteiger charge is -2.14. The normalized spacial score (nSPS) is 10.8. The van der Waals surface area contributed by atoms with E-state index in [1.165, 1.54) is 40.5 Å². The molecule has 0 bridgehead atoms. The van der Waals surface area contributed by atoms with Crippen LogP contribution in [0.1, 0.15) is 31.0 Å². The summed E-state index contributed by atoms with van der Waals surface area (Å²) in [6.45, 7) is 5.68. The van der Waals surface area contributed by atoms with Crippen molar-refractivity contribution in [1.82, 2.24) is 9.55 Å². The van der Waals surface area contributed by atoms with E-state index in [9.17, 15) is 14.0 Å². The van der Waals surface area contributed by atoms with Gasteiger partial charge in [0.05, 0.1) is 0 Å². The van der Waals surface area contributed by atoms with Crippen molar-refractivity contribution in [1.29, 1.82) is 0 Å². The first-order valence-electron chi connectivity index (χ1n) is 9.32. The van der Waals surface area contributed by atoms with Crippen LogP contribution in [-0.4, -0.2) is 15.5 Å². The van der Waals surface area contributed by atoms with Crippen LogP contribution in [0.5, 0.6) is 0 Å². The zero-order chi connectivity index (χ0) is 21.0. The molecular formula is C22H23FN4O2. The molecule has 7 heteroatoms. The van der Waals surface area contributed by atoms with E-state index in [1.54, 1.807) is 6.92 Å². The second-order valence-electron chi connectivity index (χ2n) is 7.10. The molecule has 29 heavy (non-hydrogen) atoms. The molecule has 1 amide bonds. The van der Waals surface area contributed by atoms with Crippen molar-refractivity contribution in [3.05, 3.63) is 82.0 Å². The lowest BCUT2D eigenvalue weighted by molar-refractivity contribution is -0.116. The summed E-state index contributed by atoms with van der Waals surface area (Å²) in [5.41, 5.74) is 2.54. The molecule has 1 aromatic heterocycles. The van der Waals surface area contributed by atoms with E-state index in [-0.39, 0.29) is 29.8 Å². The van der Waals surface area contributed by atoms with Gasteiger partial charge in [0.1, 0.15) is 12.4 Å². The van der Waals surface area contributed by atoms with Gasteiger partial charge in [-0.25, -0.2) is 9.37 Å². The number of carbonyl (C=O) groups excluding carboxylic acids is 1. The molecule has 1 heterocycles. The van der Waals surface area contributed by atoms with Gasteiger partial charge in [-0.2, -0.15) is 0 Å². The molecule has 0 aliphatic rings. The minimum absolute atomic E-state index is 0.207. The Labute approximate surface area is 168 Å². The number of hydrogen-bond acceptors (Lipinski definition) is 4. The number of anilines is 3. The number of hydrogen-bond donors (Lipinski definition) is 2. The van der Waals surface area contributed by atoms with E-state index < -0.39 is 0 Å². The van der Waals surface area contributed by atoms with Crippen molar-refractivity contribution < 1.29 is 9.18 Å². The summed E-state index contributed by atoms with van der Waals surface area (Å²) in [4.78, 5) is 29.3. The number of benzene rings is 2. The first-order valence-corrected chi connectivity index (χ1v) is 9.32. The van der Waals surface area contributed by atoms with E-state index in [2.05, 4.69) is 29.5 Å². The van der Waals surface area contributed by atoms with Gasteiger partial charge in [0.25, 0.3) is 5.56 Å². The predicted molar refractivity (Wildman–Crippen MR) is 112 cm³/mol. The summed E-state index contributed by atoms with van der Waals surface area (Å²) in [6, 6.07) is 14.6. The smallest absolute Gasteiger partial charge is 0.255 e. The van der Waals surface area contributed by atoms with E-state index >= 15 is 0 Å². The zero-order valence-electron chi connectivity index (χ0n) is 16.6. The number of carbonyl (C=O) groups is 1. The lowest BCUT2D eigenvalue weighted by Crippen LogP contribution is -2.30. The monoisotopic (exact) mass is 394 g/mol. The number of nitrogens with zero attached hydrogens (tertiary/aromatic N) is 2. The van der Waals surface area contributed by atoms with E-state index in [0.29, 0.717) is 23.0 Å². The fourth-order valence-corrected chi connectivity index (χ4v) is 2.83. The van der Waals surface area contributed by atoms with Crippen LogP contribution >= 0.6 is 0 Å². The molecule has 0 atom stereocenters. The Hall–Kier alpha value is -3.48. The van der Waals surface area contributed by atoms with Gasteiger partial charge >= 0.3 is 0 Å². The third-order valence-electron chi connectivity index (χ3n) is 4.40. The minimum Gasteiger partial charge on any atom is -0.326 e. The molecule has 150 valence electrons. The first-order chi connectivity index (χ1) is 13.8. The molecule has 3 aromatic rings. The first kappa shape index (κ1) is 20.3. The second kappa shape index (κ2) is 8.68. The Morgan fingerprint density at radius 2 is 1.69 bits per heavy atom. The van der Waals surface area contributed by atoms with Gasteiger partial charge < -0.3 is 10.6 Å². The Morgan fingerprint density at radius 1 is 1.07 bits per heavy atom. The summed E-state index contributed by atoms with van der Waals surface area (Å²) >= 11 is 0. The average molecular weight is 394 g/mol. The average Bonchev–Trinajstić information content (AvgIpc) is 2.67. The molecule has 2 N–H and O–H groups in total. The Kier molecular flexibility index (Phi) is 6.07. The quantitative estimate of drug-likeness (QED) is 0.657. The molecule has 0 spiro atoms. The van der Waals surface area contributed by atoms with Crippen molar-refractivity contribution >= 4 is 23.2 Å². The van der Waals surface area contributed by atoms with Crippen LogP contribution in [-0.2, 0) is 11.3 Å². The Bertz CT molecular complexity index is 1060. The molecule has 0 saturated heterocycles. The third kappa shape index (κ3) is 5.28. The number of halogens is 1. The molecule has 3 rings (SSSR count). The van der Waals surface area contributed by atoms with Gasteiger partial charge in [-0.05, 0) is 54.8 Å². The van der Waals surface area contributed by atoms with Crippen molar-refractivity contribution in [2.45, 2.75) is 33.2 Å². The highest BCUT2D eigenvalue weighted by atomic mass is 19.1. The van der Waals surface area contributed by atoms with Gasteiger partial charge in [-0.1, -0.05) is 26.0 Å². The topological polar surface area (TPSA) is 76.0 Å². The van der Waals surface area contributed by atoms with Crippen molar-refractivity contribution in [3.8, 4) is 0 Å². The number of nitrogens with one attached hydrogen (secondary N) is 2. The fourth-order valence-electron chi connectivity index (χ4n) is 2.83. The summed E-state index contributed by atoms with van der Waals surface area (Å²) in [5, 5.41) is 5.77. The molecule has 0 saturated carbocycles. The van der Waals surface area contributed by atoms with Gasteiger partial charge in [0.15, 0.2) is 0 Å². The van der Waals surface area contributed by atoms with Gasteiger partial charge in [0.2, 0.25) is 11.9 Å². The maximum atomic E-state index is 13.1. The van der Waals surface area contributed by atoms with Crippen LogP contribution in [0.15, 0.2) is 59.4 Å². The third-order valence-corrected chi connectivity index (χ3v) is 4.40. The summed E-state index contributed by atoms with van der Waals surface area (Å²) < 4.78 is 14.4. The highest BCUT2D eigenvalue weighted by Crippen LogP contribution is 2.18. The largest absolute Gasteiger partial charge is 0.326 e. The standard InChI is InChI=1S/C22H23FN4O2/c1-14(2)16-4-8-18(9-5-16)25-20(28)13-27-21(29)12-15(3)24-22(27)26-19-10-6-17(23)7-11-19/h4-12,14H,13H2,1-3H3,(H,24,26)(H,25,28). The van der Waals surface area contributed by atoms with Gasteiger partial charge in [-0.3, -0.25) is 14.2 Å². The van der Waals surface area contributed by atoms with Crippen LogP contribution in [0.25, 0.3) is 0 Å². The highest BCUT2D eigenvalue weighted by molar-refractivity contribution is 5.90. The van der Waals surface area contributed by atoms with Crippen molar-refractivity contribution in [2.24, 2.45) is 0 Å². The van der Waals surface area contributed by atoms with E-state index in [1.807, 2.05) is 24.3 Å². The van der Waals surface area contributed by atoms with Crippen molar-refractivity contribution in [3.63, 3.8) is 0 Å².